The summed E-state index contributed by atoms with van der Waals surface area (Å²) in [5.74, 6) is 1.32. The molecule has 0 aliphatic carbocycles. The number of hydrogen-bond donors (Lipinski definition) is 1. The minimum Gasteiger partial charge on any atom is -0.381 e. The molecule has 7 nitrogen and oxygen atoms in total. The van der Waals surface area contributed by atoms with Gasteiger partial charge in [0.15, 0.2) is 0 Å². The van der Waals surface area contributed by atoms with Crippen molar-refractivity contribution in [1.29, 1.82) is 0 Å². The minimum atomic E-state index is -4.53. The van der Waals surface area contributed by atoms with Gasteiger partial charge in [-0.15, -0.1) is 0 Å². The molecule has 10 heteroatoms. The molecule has 35 heavy (non-hydrogen) atoms. The number of rotatable bonds is 10. The standard InChI is InChI=1S/C25H39F3N4O3/c1-3-23(33)32(22-7-5-6-21(29-22)25(26,27)28)18-24(8-11-35-12-9-24)31-16-19-14-30(10-13-34-4-2)15-20(19)17-31/h5-7,19-20,23,33H,3-4,8-18H2,1-2H3. The van der Waals surface area contributed by atoms with Gasteiger partial charge < -0.3 is 24.4 Å². The number of anilines is 1. The van der Waals surface area contributed by atoms with E-state index in [4.69, 9.17) is 9.47 Å². The van der Waals surface area contributed by atoms with E-state index in [0.29, 0.717) is 38.0 Å². The van der Waals surface area contributed by atoms with E-state index < -0.39 is 18.1 Å². The number of halogens is 3. The normalized spacial score (nSPS) is 26.1. The van der Waals surface area contributed by atoms with Crippen LogP contribution in [0.5, 0.6) is 0 Å². The van der Waals surface area contributed by atoms with Crippen LogP contribution in [0.2, 0.25) is 0 Å². The number of ether oxygens (including phenoxy) is 2. The van der Waals surface area contributed by atoms with Crippen molar-refractivity contribution in [3.63, 3.8) is 0 Å². The van der Waals surface area contributed by atoms with Crippen LogP contribution in [0.1, 0.15) is 38.8 Å². The van der Waals surface area contributed by atoms with Crippen LogP contribution in [0, 0.1) is 11.8 Å². The fourth-order valence-electron chi connectivity index (χ4n) is 5.94. The molecule has 4 rings (SSSR count). The Balaban J connectivity index is 1.52. The van der Waals surface area contributed by atoms with Crippen molar-refractivity contribution >= 4 is 5.82 Å². The third kappa shape index (κ3) is 6.10. The lowest BCUT2D eigenvalue weighted by Crippen LogP contribution is -2.60. The Morgan fingerprint density at radius 1 is 1.17 bits per heavy atom. The average molecular weight is 501 g/mol. The minimum absolute atomic E-state index is 0.168. The van der Waals surface area contributed by atoms with Crippen LogP contribution in [0.3, 0.4) is 0 Å². The summed E-state index contributed by atoms with van der Waals surface area (Å²) < 4.78 is 51.3. The van der Waals surface area contributed by atoms with Crippen LogP contribution in [0.15, 0.2) is 18.2 Å². The van der Waals surface area contributed by atoms with E-state index in [9.17, 15) is 18.3 Å². The number of hydrogen-bond acceptors (Lipinski definition) is 7. The number of aliphatic hydroxyl groups excluding tert-OH is 1. The quantitative estimate of drug-likeness (QED) is 0.391. The molecule has 0 spiro atoms. The van der Waals surface area contributed by atoms with Crippen molar-refractivity contribution in [2.24, 2.45) is 11.8 Å². The summed E-state index contributed by atoms with van der Waals surface area (Å²) >= 11 is 0. The molecule has 3 atom stereocenters. The number of pyridine rings is 1. The highest BCUT2D eigenvalue weighted by molar-refractivity contribution is 5.41. The maximum atomic E-state index is 13.4. The van der Waals surface area contributed by atoms with Gasteiger partial charge in [0.25, 0.3) is 0 Å². The van der Waals surface area contributed by atoms with E-state index in [1.165, 1.54) is 6.07 Å². The van der Waals surface area contributed by atoms with E-state index in [1.54, 1.807) is 11.0 Å². The van der Waals surface area contributed by atoms with Crippen molar-refractivity contribution in [3.8, 4) is 0 Å². The summed E-state index contributed by atoms with van der Waals surface area (Å²) in [6.07, 6.45) is -3.49. The number of aromatic nitrogens is 1. The second-order valence-electron chi connectivity index (χ2n) is 10.1. The van der Waals surface area contributed by atoms with Gasteiger partial charge in [0.05, 0.1) is 6.61 Å². The Labute approximate surface area is 206 Å². The first-order chi connectivity index (χ1) is 16.8. The molecule has 3 aliphatic heterocycles. The fraction of sp³-hybridized carbons (Fsp3) is 0.800. The Bertz CT molecular complexity index is 807. The van der Waals surface area contributed by atoms with Gasteiger partial charge in [-0.1, -0.05) is 13.0 Å². The molecule has 1 aromatic heterocycles. The van der Waals surface area contributed by atoms with Crippen LogP contribution >= 0.6 is 0 Å². The molecule has 1 N–H and O–H groups in total. The Kier molecular flexibility index (Phi) is 8.58. The van der Waals surface area contributed by atoms with Gasteiger partial charge in [-0.2, -0.15) is 13.2 Å². The zero-order valence-corrected chi connectivity index (χ0v) is 20.8. The van der Waals surface area contributed by atoms with Crippen molar-refractivity contribution in [2.45, 2.75) is 51.1 Å². The van der Waals surface area contributed by atoms with Crippen LogP contribution < -0.4 is 4.90 Å². The second-order valence-corrected chi connectivity index (χ2v) is 10.1. The molecule has 3 fully saturated rings. The molecule has 1 aromatic rings. The maximum absolute atomic E-state index is 13.4. The van der Waals surface area contributed by atoms with Gasteiger partial charge in [-0.05, 0) is 50.2 Å². The zero-order chi connectivity index (χ0) is 25.1. The van der Waals surface area contributed by atoms with Gasteiger partial charge in [0.1, 0.15) is 17.7 Å². The first-order valence-corrected chi connectivity index (χ1v) is 12.9. The molecule has 0 amide bonds. The Hall–Kier alpha value is -1.46. The summed E-state index contributed by atoms with van der Waals surface area (Å²) in [5.41, 5.74) is -1.21. The van der Waals surface area contributed by atoms with Crippen molar-refractivity contribution in [2.75, 3.05) is 70.6 Å². The third-order valence-corrected chi connectivity index (χ3v) is 7.92. The highest BCUT2D eigenvalue weighted by Gasteiger charge is 2.49. The number of aliphatic hydroxyl groups is 1. The van der Waals surface area contributed by atoms with Gasteiger partial charge in [-0.3, -0.25) is 4.90 Å². The molecular formula is C25H39F3N4O3. The highest BCUT2D eigenvalue weighted by atomic mass is 19.4. The largest absolute Gasteiger partial charge is 0.433 e. The molecule has 3 saturated heterocycles. The zero-order valence-electron chi connectivity index (χ0n) is 20.8. The maximum Gasteiger partial charge on any atom is 0.433 e. The first kappa shape index (κ1) is 26.6. The Morgan fingerprint density at radius 2 is 1.86 bits per heavy atom. The predicted molar refractivity (Wildman–Crippen MR) is 127 cm³/mol. The predicted octanol–water partition coefficient (Wildman–Crippen LogP) is 3.08. The van der Waals surface area contributed by atoms with Crippen LogP contribution in [0.25, 0.3) is 0 Å². The van der Waals surface area contributed by atoms with E-state index in [0.717, 1.165) is 64.8 Å². The monoisotopic (exact) mass is 500 g/mol. The van der Waals surface area contributed by atoms with Crippen LogP contribution in [0.4, 0.5) is 19.0 Å². The molecule has 0 radical (unpaired) electrons. The average Bonchev–Trinajstić information content (AvgIpc) is 3.42. The van der Waals surface area contributed by atoms with E-state index in [-0.39, 0.29) is 11.4 Å². The molecular weight excluding hydrogens is 461 g/mol. The fourth-order valence-corrected chi connectivity index (χ4v) is 5.94. The Morgan fingerprint density at radius 3 is 2.46 bits per heavy atom. The smallest absolute Gasteiger partial charge is 0.381 e. The first-order valence-electron chi connectivity index (χ1n) is 12.9. The van der Waals surface area contributed by atoms with Crippen LogP contribution in [-0.2, 0) is 15.7 Å². The summed E-state index contributed by atoms with van der Waals surface area (Å²) in [6.45, 7) is 12.0. The molecule has 0 saturated carbocycles. The second kappa shape index (κ2) is 11.3. The van der Waals surface area contributed by atoms with Gasteiger partial charge in [-0.25, -0.2) is 4.98 Å². The molecule has 3 unspecified atom stereocenters. The summed E-state index contributed by atoms with van der Waals surface area (Å²) in [7, 11) is 0. The lowest BCUT2D eigenvalue weighted by molar-refractivity contribution is -0.141. The molecule has 0 aromatic carbocycles. The summed E-state index contributed by atoms with van der Waals surface area (Å²) in [5, 5.41) is 10.9. The van der Waals surface area contributed by atoms with Gasteiger partial charge in [0, 0.05) is 64.6 Å². The van der Waals surface area contributed by atoms with Crippen molar-refractivity contribution in [3.05, 3.63) is 23.9 Å². The number of alkyl halides is 3. The molecule has 0 bridgehead atoms. The van der Waals surface area contributed by atoms with E-state index >= 15 is 0 Å². The summed E-state index contributed by atoms with van der Waals surface area (Å²) in [6, 6.07) is 3.91. The topological polar surface area (TPSA) is 61.3 Å². The SMILES string of the molecule is CCOCCN1CC2CN(C3(CN(c4cccc(C(F)(F)F)n4)C(O)CC)CCOCC3)CC2C1. The molecule has 3 aliphatic rings. The van der Waals surface area contributed by atoms with Crippen molar-refractivity contribution in [1.82, 2.24) is 14.8 Å². The lowest BCUT2D eigenvalue weighted by atomic mass is 9.87. The number of fused-ring (bicyclic) bond motifs is 1. The lowest BCUT2D eigenvalue weighted by Gasteiger charge is -2.48. The number of nitrogens with zero attached hydrogens (tertiary/aromatic N) is 4. The molecule has 198 valence electrons. The highest BCUT2D eigenvalue weighted by Crippen LogP contribution is 2.40. The van der Waals surface area contributed by atoms with E-state index in [1.807, 2.05) is 13.8 Å². The van der Waals surface area contributed by atoms with Crippen LogP contribution in [-0.4, -0.2) is 97.4 Å². The van der Waals surface area contributed by atoms with Gasteiger partial charge in [0.2, 0.25) is 0 Å². The van der Waals surface area contributed by atoms with Gasteiger partial charge >= 0.3 is 6.18 Å². The van der Waals surface area contributed by atoms with Crippen molar-refractivity contribution < 1.29 is 27.8 Å². The third-order valence-electron chi connectivity index (χ3n) is 7.92. The summed E-state index contributed by atoms with van der Waals surface area (Å²) in [4.78, 5) is 10.6. The molecule has 4 heterocycles. The van der Waals surface area contributed by atoms with E-state index in [2.05, 4.69) is 14.8 Å². The number of likely N-dealkylation sites (tertiary alicyclic amines) is 2.